The lowest BCUT2D eigenvalue weighted by molar-refractivity contribution is -0.141. The zero-order valence-electron chi connectivity index (χ0n) is 9.79. The van der Waals surface area contributed by atoms with Crippen LogP contribution in [0.25, 0.3) is 0 Å². The van der Waals surface area contributed by atoms with Crippen molar-refractivity contribution < 1.29 is 22.4 Å². The normalized spacial score (nSPS) is 11.7. The van der Waals surface area contributed by atoms with Gasteiger partial charge in [0, 0.05) is 0 Å². The van der Waals surface area contributed by atoms with E-state index >= 15 is 0 Å². The lowest BCUT2D eigenvalue weighted by Gasteiger charge is -2.04. The SMILES string of the molecule is O=Cc1c(C(F)(F)F)nn(Cc2cccc(F)c2)c1Cl. The van der Waals surface area contributed by atoms with Crippen molar-refractivity contribution in [3.05, 3.63) is 52.1 Å². The van der Waals surface area contributed by atoms with E-state index in [1.807, 2.05) is 0 Å². The van der Waals surface area contributed by atoms with Crippen LogP contribution in [0.15, 0.2) is 24.3 Å². The van der Waals surface area contributed by atoms with Crippen LogP contribution in [0.3, 0.4) is 0 Å². The first-order chi connectivity index (χ1) is 9.32. The smallest absolute Gasteiger partial charge is 0.298 e. The fourth-order valence-electron chi connectivity index (χ4n) is 1.68. The van der Waals surface area contributed by atoms with Gasteiger partial charge in [0.05, 0.1) is 12.1 Å². The number of carbonyl (C=O) groups excluding carboxylic acids is 1. The van der Waals surface area contributed by atoms with Crippen LogP contribution < -0.4 is 0 Å². The highest BCUT2D eigenvalue weighted by Gasteiger charge is 2.39. The number of hydrogen-bond acceptors (Lipinski definition) is 2. The van der Waals surface area contributed by atoms with E-state index in [1.165, 1.54) is 18.2 Å². The summed E-state index contributed by atoms with van der Waals surface area (Å²) in [7, 11) is 0. The Balaban J connectivity index is 2.43. The first-order valence-electron chi connectivity index (χ1n) is 5.36. The average Bonchev–Trinajstić information content (AvgIpc) is 2.66. The van der Waals surface area contributed by atoms with Gasteiger partial charge in [-0.15, -0.1) is 0 Å². The molecular formula is C12H7ClF4N2O. The first-order valence-corrected chi connectivity index (χ1v) is 5.74. The lowest BCUT2D eigenvalue weighted by atomic mass is 10.2. The molecule has 0 atom stereocenters. The lowest BCUT2D eigenvalue weighted by Crippen LogP contribution is -2.10. The zero-order valence-corrected chi connectivity index (χ0v) is 10.5. The molecule has 1 heterocycles. The largest absolute Gasteiger partial charge is 0.435 e. The highest BCUT2D eigenvalue weighted by atomic mass is 35.5. The van der Waals surface area contributed by atoms with Gasteiger partial charge < -0.3 is 0 Å². The summed E-state index contributed by atoms with van der Waals surface area (Å²) in [5.41, 5.74) is -1.70. The van der Waals surface area contributed by atoms with Crippen molar-refractivity contribution in [3.63, 3.8) is 0 Å². The molecule has 106 valence electrons. The molecule has 0 N–H and O–H groups in total. The summed E-state index contributed by atoms with van der Waals surface area (Å²) in [6.07, 6.45) is -4.78. The second kappa shape index (κ2) is 5.24. The number of rotatable bonds is 3. The highest BCUT2D eigenvalue weighted by molar-refractivity contribution is 6.32. The van der Waals surface area contributed by atoms with E-state index in [0.29, 0.717) is 5.56 Å². The summed E-state index contributed by atoms with van der Waals surface area (Å²) in [6.45, 7) is -0.173. The monoisotopic (exact) mass is 306 g/mol. The molecule has 1 aromatic carbocycles. The van der Waals surface area contributed by atoms with Crippen molar-refractivity contribution in [2.75, 3.05) is 0 Å². The summed E-state index contributed by atoms with van der Waals surface area (Å²) in [5, 5.41) is 2.85. The Labute approximate surface area is 115 Å². The minimum absolute atomic E-state index is 0.000231. The van der Waals surface area contributed by atoms with Gasteiger partial charge in [-0.25, -0.2) is 9.07 Å². The van der Waals surface area contributed by atoms with Gasteiger partial charge in [-0.3, -0.25) is 4.79 Å². The van der Waals surface area contributed by atoms with Gasteiger partial charge in [0.1, 0.15) is 11.0 Å². The van der Waals surface area contributed by atoms with Crippen molar-refractivity contribution in [2.45, 2.75) is 12.7 Å². The third-order valence-corrected chi connectivity index (χ3v) is 2.93. The number of benzene rings is 1. The van der Waals surface area contributed by atoms with E-state index in [1.54, 1.807) is 0 Å². The Bertz CT molecular complexity index is 651. The summed E-state index contributed by atoms with van der Waals surface area (Å²) in [6, 6.07) is 5.26. The standard InChI is InChI=1S/C12H7ClF4N2O/c13-11-9(6-20)10(12(15,16)17)18-19(11)5-7-2-1-3-8(14)4-7/h1-4,6H,5H2. The molecule has 3 nitrogen and oxygen atoms in total. The van der Waals surface area contributed by atoms with E-state index in [-0.39, 0.29) is 12.8 Å². The summed E-state index contributed by atoms with van der Waals surface area (Å²) in [5.74, 6) is -0.530. The van der Waals surface area contributed by atoms with Gasteiger partial charge in [-0.1, -0.05) is 23.7 Å². The molecule has 1 aromatic heterocycles. The molecule has 0 aliphatic carbocycles. The van der Waals surface area contributed by atoms with Gasteiger partial charge in [0.15, 0.2) is 12.0 Å². The Morgan fingerprint density at radius 1 is 1.35 bits per heavy atom. The zero-order chi connectivity index (χ0) is 14.9. The van der Waals surface area contributed by atoms with Crippen LogP contribution in [0.2, 0.25) is 5.15 Å². The van der Waals surface area contributed by atoms with Crippen molar-refractivity contribution in [3.8, 4) is 0 Å². The fourth-order valence-corrected chi connectivity index (χ4v) is 1.91. The minimum atomic E-state index is -4.78. The number of hydrogen-bond donors (Lipinski definition) is 0. The van der Waals surface area contributed by atoms with E-state index < -0.39 is 28.4 Å². The van der Waals surface area contributed by atoms with Gasteiger partial charge in [0.2, 0.25) is 0 Å². The molecule has 0 aliphatic rings. The summed E-state index contributed by atoms with van der Waals surface area (Å²) < 4.78 is 51.9. The topological polar surface area (TPSA) is 34.9 Å². The van der Waals surface area contributed by atoms with Crippen molar-refractivity contribution in [1.82, 2.24) is 9.78 Å². The van der Waals surface area contributed by atoms with Gasteiger partial charge in [-0.05, 0) is 17.7 Å². The molecule has 20 heavy (non-hydrogen) atoms. The second-order valence-corrected chi connectivity index (χ2v) is 4.31. The van der Waals surface area contributed by atoms with Crippen LogP contribution >= 0.6 is 11.6 Å². The maximum atomic E-state index is 13.0. The predicted octanol–water partition coefficient (Wildman–Crippen LogP) is 3.56. The van der Waals surface area contributed by atoms with Crippen molar-refractivity contribution in [1.29, 1.82) is 0 Å². The number of aldehydes is 1. The Morgan fingerprint density at radius 2 is 2.05 bits per heavy atom. The average molecular weight is 307 g/mol. The maximum absolute atomic E-state index is 13.0. The molecular weight excluding hydrogens is 300 g/mol. The number of halogens is 5. The Morgan fingerprint density at radius 3 is 2.55 bits per heavy atom. The maximum Gasteiger partial charge on any atom is 0.435 e. The van der Waals surface area contributed by atoms with Crippen LogP contribution in [0.1, 0.15) is 21.6 Å². The number of aromatic nitrogens is 2. The summed E-state index contributed by atoms with van der Waals surface area (Å²) >= 11 is 5.70. The van der Waals surface area contributed by atoms with Gasteiger partial charge in [-0.2, -0.15) is 18.3 Å². The van der Waals surface area contributed by atoms with Crippen LogP contribution in [0, 0.1) is 5.82 Å². The van der Waals surface area contributed by atoms with Gasteiger partial charge in [0.25, 0.3) is 0 Å². The number of carbonyl (C=O) groups is 1. The fraction of sp³-hybridized carbons (Fsp3) is 0.167. The third-order valence-electron chi connectivity index (χ3n) is 2.53. The molecule has 0 unspecified atom stereocenters. The van der Waals surface area contributed by atoms with Crippen molar-refractivity contribution in [2.24, 2.45) is 0 Å². The molecule has 0 aliphatic heterocycles. The van der Waals surface area contributed by atoms with Crippen LogP contribution in [-0.4, -0.2) is 16.1 Å². The molecule has 8 heteroatoms. The minimum Gasteiger partial charge on any atom is -0.298 e. The molecule has 0 saturated carbocycles. The number of alkyl halides is 3. The Kier molecular flexibility index (Phi) is 3.80. The third kappa shape index (κ3) is 2.82. The quantitative estimate of drug-likeness (QED) is 0.642. The predicted molar refractivity (Wildman–Crippen MR) is 63.1 cm³/mol. The number of nitrogens with zero attached hydrogens (tertiary/aromatic N) is 2. The van der Waals surface area contributed by atoms with E-state index in [2.05, 4.69) is 5.10 Å². The second-order valence-electron chi connectivity index (χ2n) is 3.96. The van der Waals surface area contributed by atoms with Gasteiger partial charge >= 0.3 is 6.18 Å². The summed E-state index contributed by atoms with van der Waals surface area (Å²) in [4.78, 5) is 10.7. The van der Waals surface area contributed by atoms with Crippen molar-refractivity contribution >= 4 is 17.9 Å². The highest BCUT2D eigenvalue weighted by Crippen LogP contribution is 2.33. The van der Waals surface area contributed by atoms with Crippen LogP contribution in [0.4, 0.5) is 17.6 Å². The molecule has 0 amide bonds. The molecule has 0 radical (unpaired) electrons. The Hall–Kier alpha value is -1.89. The van der Waals surface area contributed by atoms with Crippen LogP contribution in [0.5, 0.6) is 0 Å². The molecule has 2 rings (SSSR count). The molecule has 2 aromatic rings. The molecule has 0 bridgehead atoms. The van der Waals surface area contributed by atoms with E-state index in [0.717, 1.165) is 10.7 Å². The molecule has 0 fully saturated rings. The van der Waals surface area contributed by atoms with Crippen LogP contribution in [-0.2, 0) is 12.7 Å². The van der Waals surface area contributed by atoms with E-state index in [9.17, 15) is 22.4 Å². The van der Waals surface area contributed by atoms with E-state index in [4.69, 9.17) is 11.6 Å². The molecule has 0 spiro atoms. The first kappa shape index (κ1) is 14.5. The molecule has 0 saturated heterocycles.